The van der Waals surface area contributed by atoms with Crippen LogP contribution in [0.1, 0.15) is 34.6 Å². The molecule has 2 aromatic heterocycles. The fourth-order valence-corrected chi connectivity index (χ4v) is 4.71. The first kappa shape index (κ1) is 22.3. The maximum atomic E-state index is 13.0. The maximum Gasteiger partial charge on any atom is 0.256 e. The molecule has 0 bridgehead atoms. The molecule has 34 heavy (non-hydrogen) atoms. The van der Waals surface area contributed by atoms with Gasteiger partial charge < -0.3 is 20.3 Å². The highest BCUT2D eigenvalue weighted by atomic mass is 35.5. The summed E-state index contributed by atoms with van der Waals surface area (Å²) in [6.45, 7) is 2.59. The van der Waals surface area contributed by atoms with Crippen LogP contribution in [0.4, 0.5) is 11.8 Å². The molecule has 1 aliphatic carbocycles. The fraction of sp³-hybridized carbons (Fsp3) is 0.375. The van der Waals surface area contributed by atoms with Gasteiger partial charge in [0.15, 0.2) is 0 Å². The predicted octanol–water partition coefficient (Wildman–Crippen LogP) is 3.32. The van der Waals surface area contributed by atoms with Gasteiger partial charge in [0.1, 0.15) is 23.0 Å². The van der Waals surface area contributed by atoms with Crippen molar-refractivity contribution in [2.24, 2.45) is 11.8 Å². The number of aromatic nitrogens is 4. The lowest BCUT2D eigenvalue weighted by Crippen LogP contribution is -2.27. The Labute approximate surface area is 202 Å². The highest BCUT2D eigenvalue weighted by Crippen LogP contribution is 2.41. The lowest BCUT2D eigenvalue weighted by molar-refractivity contribution is 0.0950. The van der Waals surface area contributed by atoms with Crippen LogP contribution in [0.2, 0.25) is 5.02 Å². The summed E-state index contributed by atoms with van der Waals surface area (Å²) in [6, 6.07) is 7.30. The van der Waals surface area contributed by atoms with Gasteiger partial charge in [-0.2, -0.15) is 4.98 Å². The second-order valence-corrected chi connectivity index (χ2v) is 9.01. The summed E-state index contributed by atoms with van der Waals surface area (Å²) < 4.78 is 5.23. The van der Waals surface area contributed by atoms with Crippen LogP contribution < -0.4 is 20.3 Å². The molecule has 3 heterocycles. The third kappa shape index (κ3) is 4.75. The zero-order valence-electron chi connectivity index (χ0n) is 18.9. The number of halogens is 1. The second-order valence-electron chi connectivity index (χ2n) is 8.60. The van der Waals surface area contributed by atoms with Crippen LogP contribution in [-0.4, -0.2) is 46.0 Å². The van der Waals surface area contributed by atoms with E-state index in [9.17, 15) is 4.79 Å². The van der Waals surface area contributed by atoms with Gasteiger partial charge in [-0.3, -0.25) is 4.79 Å². The van der Waals surface area contributed by atoms with Crippen LogP contribution in [0.15, 0.2) is 42.9 Å². The van der Waals surface area contributed by atoms with E-state index in [1.54, 1.807) is 31.8 Å². The van der Waals surface area contributed by atoms with E-state index in [0.717, 1.165) is 30.5 Å². The van der Waals surface area contributed by atoms with Gasteiger partial charge in [-0.05, 0) is 48.4 Å². The summed E-state index contributed by atoms with van der Waals surface area (Å²) in [5, 5.41) is 6.69. The fourth-order valence-electron chi connectivity index (χ4n) is 4.43. The Morgan fingerprint density at radius 2 is 1.91 bits per heavy atom. The molecule has 3 aromatic rings. The smallest absolute Gasteiger partial charge is 0.256 e. The lowest BCUT2D eigenvalue weighted by atomic mass is 9.77. The van der Waals surface area contributed by atoms with Crippen LogP contribution in [0, 0.1) is 11.8 Å². The van der Waals surface area contributed by atoms with Crippen molar-refractivity contribution in [3.8, 4) is 5.75 Å². The number of benzene rings is 1. The first-order valence-corrected chi connectivity index (χ1v) is 11.7. The number of ether oxygens (including phenoxy) is 1. The van der Waals surface area contributed by atoms with Gasteiger partial charge in [0, 0.05) is 38.2 Å². The van der Waals surface area contributed by atoms with Crippen molar-refractivity contribution >= 4 is 29.3 Å². The van der Waals surface area contributed by atoms with Crippen molar-refractivity contribution in [3.05, 3.63) is 64.8 Å². The number of nitrogens with zero attached hydrogens (tertiary/aromatic N) is 5. The van der Waals surface area contributed by atoms with Crippen molar-refractivity contribution in [1.29, 1.82) is 0 Å². The zero-order chi connectivity index (χ0) is 23.5. The predicted molar refractivity (Wildman–Crippen MR) is 129 cm³/mol. The number of fused-ring (bicyclic) bond motifs is 1. The highest BCUT2D eigenvalue weighted by Gasteiger charge is 2.40. The largest absolute Gasteiger partial charge is 0.495 e. The minimum Gasteiger partial charge on any atom is -0.495 e. The summed E-state index contributed by atoms with van der Waals surface area (Å²) in [7, 11) is 1.58. The van der Waals surface area contributed by atoms with Gasteiger partial charge >= 0.3 is 0 Å². The molecule has 1 aromatic carbocycles. The first-order valence-electron chi connectivity index (χ1n) is 11.3. The van der Waals surface area contributed by atoms with Gasteiger partial charge in [0.2, 0.25) is 5.95 Å². The number of carbonyl (C=O) groups is 1. The average Bonchev–Trinajstić information content (AvgIpc) is 3.15. The van der Waals surface area contributed by atoms with E-state index < -0.39 is 0 Å². The number of anilines is 2. The molecule has 5 rings (SSSR count). The van der Waals surface area contributed by atoms with Crippen LogP contribution >= 0.6 is 11.6 Å². The van der Waals surface area contributed by atoms with E-state index in [4.69, 9.17) is 21.3 Å². The molecule has 1 saturated carbocycles. The Morgan fingerprint density at radius 3 is 2.59 bits per heavy atom. The normalized spacial score (nSPS) is 18.7. The Balaban J connectivity index is 1.35. The van der Waals surface area contributed by atoms with E-state index in [-0.39, 0.29) is 12.5 Å². The van der Waals surface area contributed by atoms with E-state index in [1.165, 1.54) is 12.8 Å². The van der Waals surface area contributed by atoms with Gasteiger partial charge in [-0.1, -0.05) is 17.7 Å². The Kier molecular flexibility index (Phi) is 6.44. The number of nitrogens with one attached hydrogen (secondary N) is 2. The van der Waals surface area contributed by atoms with Crippen molar-refractivity contribution in [2.45, 2.75) is 25.9 Å². The van der Waals surface area contributed by atoms with Crippen LogP contribution in [0.5, 0.6) is 5.75 Å². The number of amides is 1. The molecule has 9 nitrogen and oxygen atoms in total. The Morgan fingerprint density at radius 1 is 1.15 bits per heavy atom. The molecule has 176 valence electrons. The Hall–Kier alpha value is -3.46. The topological polar surface area (TPSA) is 105 Å². The number of methoxy groups -OCH3 is 1. The van der Waals surface area contributed by atoms with Crippen LogP contribution in [0.25, 0.3) is 0 Å². The highest BCUT2D eigenvalue weighted by molar-refractivity contribution is 6.32. The van der Waals surface area contributed by atoms with E-state index in [2.05, 4.69) is 30.5 Å². The number of hydrogen-bond donors (Lipinski definition) is 2. The molecule has 2 N–H and O–H groups in total. The minimum atomic E-state index is -0.296. The molecule has 2 fully saturated rings. The molecular weight excluding hydrogens is 454 g/mol. The van der Waals surface area contributed by atoms with Crippen molar-refractivity contribution in [1.82, 2.24) is 25.3 Å². The molecule has 1 saturated heterocycles. The molecule has 2 unspecified atom stereocenters. The quantitative estimate of drug-likeness (QED) is 0.507. The summed E-state index contributed by atoms with van der Waals surface area (Å²) in [6.07, 6.45) is 7.41. The maximum absolute atomic E-state index is 13.0. The molecule has 0 radical (unpaired) electrons. The first-order chi connectivity index (χ1) is 16.6. The van der Waals surface area contributed by atoms with Crippen molar-refractivity contribution in [3.63, 3.8) is 0 Å². The van der Waals surface area contributed by atoms with E-state index in [1.807, 2.05) is 18.2 Å². The number of carbonyl (C=O) groups excluding carboxylic acids is 1. The second kappa shape index (κ2) is 9.80. The summed E-state index contributed by atoms with van der Waals surface area (Å²) in [4.78, 5) is 32.8. The monoisotopic (exact) mass is 479 g/mol. The summed E-state index contributed by atoms with van der Waals surface area (Å²) in [5.74, 6) is 3.43. The van der Waals surface area contributed by atoms with Gasteiger partial charge in [-0.15, -0.1) is 0 Å². The standard InChI is InChI=1S/C24H26ClN7O2/c1-34-20-6-3-15(9-19(20)25)10-28-22-18(23(33)29-12-21-26-7-2-8-27-21)11-30-24(31-22)32-13-16-4-5-17(16)14-32/h2-3,6-9,11,16-17H,4-5,10,12-14H2,1H3,(H,29,33)(H,28,30,31). The minimum absolute atomic E-state index is 0.213. The number of rotatable bonds is 8. The van der Waals surface area contributed by atoms with E-state index >= 15 is 0 Å². The average molecular weight is 480 g/mol. The van der Waals surface area contributed by atoms with Gasteiger partial charge in [0.05, 0.1) is 18.7 Å². The summed E-state index contributed by atoms with van der Waals surface area (Å²) in [5.41, 5.74) is 1.30. The molecule has 2 aliphatic rings. The zero-order valence-corrected chi connectivity index (χ0v) is 19.6. The molecular formula is C24H26ClN7O2. The third-order valence-electron chi connectivity index (χ3n) is 6.49. The van der Waals surface area contributed by atoms with E-state index in [0.29, 0.717) is 40.5 Å². The Bertz CT molecular complexity index is 1170. The summed E-state index contributed by atoms with van der Waals surface area (Å²) >= 11 is 6.28. The van der Waals surface area contributed by atoms with Crippen LogP contribution in [-0.2, 0) is 13.1 Å². The molecule has 1 aliphatic heterocycles. The number of hydrogen-bond acceptors (Lipinski definition) is 8. The lowest BCUT2D eigenvalue weighted by Gasteiger charge is -2.27. The van der Waals surface area contributed by atoms with Gasteiger partial charge in [-0.25, -0.2) is 15.0 Å². The van der Waals surface area contributed by atoms with Gasteiger partial charge in [0.25, 0.3) is 5.91 Å². The molecule has 0 spiro atoms. The SMILES string of the molecule is COc1ccc(CNc2nc(N3CC4CCC4C3)ncc2C(=O)NCc2ncccn2)cc1Cl. The molecule has 2 atom stereocenters. The van der Waals surface area contributed by atoms with Crippen molar-refractivity contribution < 1.29 is 9.53 Å². The molecule has 1 amide bonds. The van der Waals surface area contributed by atoms with Crippen molar-refractivity contribution in [2.75, 3.05) is 30.4 Å². The third-order valence-corrected chi connectivity index (χ3v) is 6.79. The molecule has 10 heteroatoms. The van der Waals surface area contributed by atoms with Crippen LogP contribution in [0.3, 0.4) is 0 Å².